The minimum atomic E-state index is -1.50. The second-order valence-corrected chi connectivity index (χ2v) is 3.81. The normalized spacial score (nSPS) is 16.6. The fourth-order valence-electron chi connectivity index (χ4n) is 1.65. The first-order valence-electron chi connectivity index (χ1n) is 5.40. The Morgan fingerprint density at radius 2 is 1.94 bits per heavy atom. The van der Waals surface area contributed by atoms with Gasteiger partial charge in [-0.3, -0.25) is 0 Å². The van der Waals surface area contributed by atoms with Crippen LogP contribution in [0.3, 0.4) is 0 Å². The number of hydrogen-bond acceptors (Lipinski definition) is 4. The van der Waals surface area contributed by atoms with Crippen LogP contribution in [-0.2, 0) is 4.74 Å². The molecule has 0 amide bonds. The van der Waals surface area contributed by atoms with E-state index >= 15 is 0 Å². The summed E-state index contributed by atoms with van der Waals surface area (Å²) in [7, 11) is 0. The van der Waals surface area contributed by atoms with Crippen LogP contribution < -0.4 is 5.43 Å². The van der Waals surface area contributed by atoms with E-state index in [0.717, 1.165) is 6.07 Å². The van der Waals surface area contributed by atoms with Crippen LogP contribution >= 0.6 is 0 Å². The van der Waals surface area contributed by atoms with E-state index in [1.807, 2.05) is 0 Å². The number of nitrogens with zero attached hydrogens (tertiary/aromatic N) is 1. The maximum absolute atomic E-state index is 13.6. The Morgan fingerprint density at radius 3 is 2.56 bits per heavy atom. The summed E-state index contributed by atoms with van der Waals surface area (Å²) < 4.78 is 32.2. The van der Waals surface area contributed by atoms with Crippen molar-refractivity contribution in [2.45, 2.75) is 0 Å². The standard InChI is InChI=1S/C11H12F2N2O3/c12-9-7(11(16)17)1-2-8(10(9)13)14-15-3-5-18-6-4-15/h1-2,14H,3-6H2,(H,16,17). The summed E-state index contributed by atoms with van der Waals surface area (Å²) in [6, 6.07) is 2.24. The first kappa shape index (κ1) is 12.7. The van der Waals surface area contributed by atoms with Crippen molar-refractivity contribution < 1.29 is 23.4 Å². The van der Waals surface area contributed by atoms with Crippen LogP contribution in [0.25, 0.3) is 0 Å². The molecule has 98 valence electrons. The highest BCUT2D eigenvalue weighted by molar-refractivity contribution is 5.88. The quantitative estimate of drug-likeness (QED) is 0.856. The number of anilines is 1. The number of aromatic carboxylic acids is 1. The molecule has 0 spiro atoms. The summed E-state index contributed by atoms with van der Waals surface area (Å²) in [4.78, 5) is 10.6. The molecule has 1 heterocycles. The largest absolute Gasteiger partial charge is 0.478 e. The van der Waals surface area contributed by atoms with Gasteiger partial charge in [0.15, 0.2) is 11.6 Å². The fraction of sp³-hybridized carbons (Fsp3) is 0.364. The molecule has 7 heteroatoms. The zero-order valence-electron chi connectivity index (χ0n) is 9.45. The summed E-state index contributed by atoms with van der Waals surface area (Å²) in [5, 5.41) is 10.3. The number of carboxylic acids is 1. The second kappa shape index (κ2) is 5.28. The number of halogens is 2. The minimum absolute atomic E-state index is 0.0839. The number of morpholine rings is 1. The van der Waals surface area contributed by atoms with Gasteiger partial charge in [-0.05, 0) is 12.1 Å². The second-order valence-electron chi connectivity index (χ2n) is 3.81. The maximum Gasteiger partial charge on any atom is 0.338 e. The number of carboxylic acid groups (broad SMARTS) is 1. The lowest BCUT2D eigenvalue weighted by Gasteiger charge is -2.28. The van der Waals surface area contributed by atoms with Gasteiger partial charge in [0.1, 0.15) is 0 Å². The van der Waals surface area contributed by atoms with Gasteiger partial charge in [0.25, 0.3) is 0 Å². The molecule has 1 aliphatic rings. The van der Waals surface area contributed by atoms with E-state index in [0.29, 0.717) is 26.3 Å². The Hall–Kier alpha value is -1.73. The molecule has 1 aromatic rings. The van der Waals surface area contributed by atoms with Gasteiger partial charge in [0, 0.05) is 13.1 Å². The van der Waals surface area contributed by atoms with Crippen LogP contribution in [0.15, 0.2) is 12.1 Å². The van der Waals surface area contributed by atoms with Crippen molar-refractivity contribution in [1.82, 2.24) is 5.01 Å². The monoisotopic (exact) mass is 258 g/mol. The van der Waals surface area contributed by atoms with Crippen LogP contribution in [0, 0.1) is 11.6 Å². The Labute approximate surface area is 102 Å². The van der Waals surface area contributed by atoms with Crippen molar-refractivity contribution >= 4 is 11.7 Å². The van der Waals surface area contributed by atoms with Gasteiger partial charge in [-0.15, -0.1) is 0 Å². The fourth-order valence-corrected chi connectivity index (χ4v) is 1.65. The van der Waals surface area contributed by atoms with Crippen molar-refractivity contribution in [3.63, 3.8) is 0 Å². The Balaban J connectivity index is 2.18. The zero-order chi connectivity index (χ0) is 13.1. The van der Waals surface area contributed by atoms with E-state index in [1.165, 1.54) is 6.07 Å². The average Bonchev–Trinajstić information content (AvgIpc) is 2.36. The third kappa shape index (κ3) is 2.57. The first-order valence-corrected chi connectivity index (χ1v) is 5.40. The number of rotatable bonds is 3. The van der Waals surface area contributed by atoms with E-state index in [1.54, 1.807) is 5.01 Å². The number of benzene rings is 1. The molecule has 0 aliphatic carbocycles. The lowest BCUT2D eigenvalue weighted by atomic mass is 10.2. The third-order valence-corrected chi connectivity index (χ3v) is 2.60. The molecule has 0 aromatic heterocycles. The lowest BCUT2D eigenvalue weighted by molar-refractivity contribution is 0.0495. The Kier molecular flexibility index (Phi) is 3.73. The zero-order valence-corrected chi connectivity index (χ0v) is 9.45. The molecule has 18 heavy (non-hydrogen) atoms. The molecule has 0 radical (unpaired) electrons. The molecule has 2 rings (SSSR count). The van der Waals surface area contributed by atoms with E-state index < -0.39 is 23.2 Å². The van der Waals surface area contributed by atoms with Gasteiger partial charge in [-0.1, -0.05) is 0 Å². The predicted molar refractivity (Wildman–Crippen MR) is 59.3 cm³/mol. The van der Waals surface area contributed by atoms with E-state index in [9.17, 15) is 13.6 Å². The highest BCUT2D eigenvalue weighted by Crippen LogP contribution is 2.21. The van der Waals surface area contributed by atoms with Crippen LogP contribution in [0.2, 0.25) is 0 Å². The van der Waals surface area contributed by atoms with Gasteiger partial charge in [0.05, 0.1) is 24.5 Å². The summed E-state index contributed by atoms with van der Waals surface area (Å²) in [5.41, 5.74) is 1.94. The third-order valence-electron chi connectivity index (χ3n) is 2.60. The molecule has 1 aliphatic heterocycles. The van der Waals surface area contributed by atoms with E-state index in [-0.39, 0.29) is 5.69 Å². The van der Waals surface area contributed by atoms with Gasteiger partial charge < -0.3 is 15.3 Å². The SMILES string of the molecule is O=C(O)c1ccc(NN2CCOCC2)c(F)c1F. The van der Waals surface area contributed by atoms with Crippen molar-refractivity contribution in [2.24, 2.45) is 0 Å². The topological polar surface area (TPSA) is 61.8 Å². The van der Waals surface area contributed by atoms with Gasteiger partial charge in [0.2, 0.25) is 0 Å². The predicted octanol–water partition coefficient (Wildman–Crippen LogP) is 1.32. The molecule has 1 fully saturated rings. The molecule has 5 nitrogen and oxygen atoms in total. The van der Waals surface area contributed by atoms with Gasteiger partial charge >= 0.3 is 5.97 Å². The molecule has 0 saturated carbocycles. The van der Waals surface area contributed by atoms with E-state index in [2.05, 4.69) is 5.43 Å². The molecular weight excluding hydrogens is 246 g/mol. The molecule has 1 aromatic carbocycles. The number of ether oxygens (including phenoxy) is 1. The molecular formula is C11H12F2N2O3. The lowest BCUT2D eigenvalue weighted by Crippen LogP contribution is -2.40. The first-order chi connectivity index (χ1) is 8.59. The highest BCUT2D eigenvalue weighted by Gasteiger charge is 2.19. The maximum atomic E-state index is 13.6. The Bertz CT molecular complexity index is 462. The number of nitrogens with one attached hydrogen (secondary N) is 1. The Morgan fingerprint density at radius 1 is 1.28 bits per heavy atom. The minimum Gasteiger partial charge on any atom is -0.478 e. The smallest absolute Gasteiger partial charge is 0.338 e. The van der Waals surface area contributed by atoms with Crippen molar-refractivity contribution in [1.29, 1.82) is 0 Å². The van der Waals surface area contributed by atoms with Gasteiger partial charge in [-0.2, -0.15) is 0 Å². The van der Waals surface area contributed by atoms with Crippen molar-refractivity contribution in [3.8, 4) is 0 Å². The van der Waals surface area contributed by atoms with E-state index in [4.69, 9.17) is 9.84 Å². The van der Waals surface area contributed by atoms with Crippen molar-refractivity contribution in [2.75, 3.05) is 31.7 Å². The highest BCUT2D eigenvalue weighted by atomic mass is 19.2. The van der Waals surface area contributed by atoms with Crippen molar-refractivity contribution in [3.05, 3.63) is 29.3 Å². The summed E-state index contributed by atoms with van der Waals surface area (Å²) in [6.45, 7) is 2.10. The number of hydrazine groups is 1. The van der Waals surface area contributed by atoms with Crippen LogP contribution in [0.5, 0.6) is 0 Å². The van der Waals surface area contributed by atoms with Crippen LogP contribution in [0.4, 0.5) is 14.5 Å². The summed E-state index contributed by atoms with van der Waals surface area (Å²) in [5.74, 6) is -4.05. The molecule has 0 unspecified atom stereocenters. The summed E-state index contributed by atoms with van der Waals surface area (Å²) >= 11 is 0. The summed E-state index contributed by atoms with van der Waals surface area (Å²) in [6.07, 6.45) is 0. The molecule has 0 atom stereocenters. The number of hydrogen-bond donors (Lipinski definition) is 2. The molecule has 0 bridgehead atoms. The van der Waals surface area contributed by atoms with Gasteiger partial charge in [-0.25, -0.2) is 18.6 Å². The molecule has 2 N–H and O–H groups in total. The van der Waals surface area contributed by atoms with Crippen LogP contribution in [-0.4, -0.2) is 42.4 Å². The van der Waals surface area contributed by atoms with Crippen LogP contribution in [0.1, 0.15) is 10.4 Å². The number of carbonyl (C=O) groups is 1. The average molecular weight is 258 g/mol. The molecule has 1 saturated heterocycles.